The van der Waals surface area contributed by atoms with Crippen molar-refractivity contribution in [2.75, 3.05) is 17.7 Å². The van der Waals surface area contributed by atoms with E-state index in [1.54, 1.807) is 36.0 Å². The van der Waals surface area contributed by atoms with Crippen LogP contribution in [0.5, 0.6) is 5.75 Å². The van der Waals surface area contributed by atoms with Crippen LogP contribution in [-0.4, -0.2) is 34.1 Å². The Labute approximate surface area is 135 Å². The van der Waals surface area contributed by atoms with E-state index in [9.17, 15) is 9.59 Å². The molecule has 0 saturated carbocycles. The fourth-order valence-electron chi connectivity index (χ4n) is 1.53. The minimum atomic E-state index is -0.824. The maximum absolute atomic E-state index is 11.8. The van der Waals surface area contributed by atoms with Gasteiger partial charge in [-0.25, -0.2) is 0 Å². The van der Waals surface area contributed by atoms with Crippen LogP contribution in [0.3, 0.4) is 0 Å². The first kappa shape index (κ1) is 18.4. The highest BCUT2D eigenvalue weighted by Gasteiger charge is 2.13. The minimum Gasteiger partial charge on any atom is -0.494 e. The molecule has 0 fully saturated rings. The number of carbonyl (C=O) groups excluding carboxylic acids is 1. The van der Waals surface area contributed by atoms with E-state index in [1.807, 2.05) is 0 Å². The number of ether oxygens (including phenoxy) is 1. The largest absolute Gasteiger partial charge is 0.494 e. The van der Waals surface area contributed by atoms with Gasteiger partial charge in [-0.1, -0.05) is 20.8 Å². The molecule has 0 aliphatic heterocycles. The van der Waals surface area contributed by atoms with Crippen LogP contribution in [0.4, 0.5) is 5.69 Å². The zero-order chi connectivity index (χ0) is 16.6. The summed E-state index contributed by atoms with van der Waals surface area (Å²) in [4.78, 5) is 22.2. The lowest BCUT2D eigenvalue weighted by molar-refractivity contribution is -0.137. The Morgan fingerprint density at radius 1 is 1.23 bits per heavy atom. The molecule has 0 aromatic heterocycles. The molecule has 2 N–H and O–H groups in total. The maximum atomic E-state index is 11.8. The van der Waals surface area contributed by atoms with E-state index in [-0.39, 0.29) is 17.1 Å². The summed E-state index contributed by atoms with van der Waals surface area (Å²) in [5.74, 6) is 0.217. The molecule has 6 heteroatoms. The molecule has 0 spiro atoms. The van der Waals surface area contributed by atoms with Crippen molar-refractivity contribution in [2.24, 2.45) is 0 Å². The molecule has 0 atom stereocenters. The van der Waals surface area contributed by atoms with E-state index >= 15 is 0 Å². The number of carboxylic acids is 1. The van der Waals surface area contributed by atoms with Gasteiger partial charge in [-0.2, -0.15) is 0 Å². The summed E-state index contributed by atoms with van der Waals surface area (Å²) < 4.78 is 5.49. The summed E-state index contributed by atoms with van der Waals surface area (Å²) in [6, 6.07) is 7.05. The van der Waals surface area contributed by atoms with Gasteiger partial charge in [-0.15, -0.1) is 11.8 Å². The van der Waals surface area contributed by atoms with Crippen molar-refractivity contribution >= 4 is 29.3 Å². The number of thioether (sulfide) groups is 1. The van der Waals surface area contributed by atoms with Crippen molar-refractivity contribution in [3.05, 3.63) is 24.3 Å². The molecule has 1 aromatic carbocycles. The zero-order valence-corrected chi connectivity index (χ0v) is 14.0. The van der Waals surface area contributed by atoms with E-state index in [1.165, 1.54) is 0 Å². The third kappa shape index (κ3) is 8.56. The first-order chi connectivity index (χ1) is 10.3. The molecule has 0 radical (unpaired) electrons. The van der Waals surface area contributed by atoms with Crippen molar-refractivity contribution in [3.63, 3.8) is 0 Å². The van der Waals surface area contributed by atoms with Gasteiger partial charge >= 0.3 is 5.97 Å². The van der Waals surface area contributed by atoms with E-state index in [0.717, 1.165) is 5.69 Å². The average molecular weight is 325 g/mol. The zero-order valence-electron chi connectivity index (χ0n) is 13.2. The number of benzene rings is 1. The molecule has 22 heavy (non-hydrogen) atoms. The van der Waals surface area contributed by atoms with E-state index in [2.05, 4.69) is 26.1 Å². The van der Waals surface area contributed by atoms with Gasteiger partial charge in [-0.05, 0) is 30.7 Å². The van der Waals surface area contributed by atoms with Crippen LogP contribution < -0.4 is 10.1 Å². The second-order valence-electron chi connectivity index (χ2n) is 5.82. The minimum absolute atomic E-state index is 0.0324. The summed E-state index contributed by atoms with van der Waals surface area (Å²) in [5.41, 5.74) is 0.720. The SMILES string of the molecule is CC(C)(C)SCC(=O)Nc1ccc(OCCCC(=O)O)cc1. The molecule has 0 bridgehead atoms. The number of nitrogens with one attached hydrogen (secondary N) is 1. The van der Waals surface area contributed by atoms with Crippen LogP contribution in [0.1, 0.15) is 33.6 Å². The number of aliphatic carboxylic acids is 1. The van der Waals surface area contributed by atoms with Crippen molar-refractivity contribution in [1.29, 1.82) is 0 Å². The molecule has 5 nitrogen and oxygen atoms in total. The van der Waals surface area contributed by atoms with Gasteiger partial charge in [-0.3, -0.25) is 9.59 Å². The second kappa shape index (κ2) is 8.68. The van der Waals surface area contributed by atoms with Gasteiger partial charge in [0.2, 0.25) is 5.91 Å². The van der Waals surface area contributed by atoms with Crippen LogP contribution in [0.25, 0.3) is 0 Å². The maximum Gasteiger partial charge on any atom is 0.303 e. The number of anilines is 1. The fourth-order valence-corrected chi connectivity index (χ4v) is 2.16. The number of hydrogen-bond acceptors (Lipinski definition) is 4. The van der Waals surface area contributed by atoms with Crippen LogP contribution in [-0.2, 0) is 9.59 Å². The molecule has 1 amide bonds. The molecule has 0 aliphatic rings. The Morgan fingerprint density at radius 2 is 1.86 bits per heavy atom. The van der Waals surface area contributed by atoms with Crippen molar-refractivity contribution in [2.45, 2.75) is 38.4 Å². The van der Waals surface area contributed by atoms with Crippen LogP contribution >= 0.6 is 11.8 Å². The Morgan fingerprint density at radius 3 is 2.41 bits per heavy atom. The summed E-state index contributed by atoms with van der Waals surface area (Å²) in [6.07, 6.45) is 0.567. The lowest BCUT2D eigenvalue weighted by Crippen LogP contribution is -2.18. The lowest BCUT2D eigenvalue weighted by Gasteiger charge is -2.17. The summed E-state index contributed by atoms with van der Waals surface area (Å²) in [5, 5.41) is 11.4. The van der Waals surface area contributed by atoms with Crippen molar-refractivity contribution in [1.82, 2.24) is 0 Å². The number of carboxylic acid groups (broad SMARTS) is 1. The van der Waals surface area contributed by atoms with Gasteiger partial charge in [0.1, 0.15) is 5.75 Å². The highest BCUT2D eigenvalue weighted by atomic mass is 32.2. The number of amides is 1. The molecule has 1 rings (SSSR count). The highest BCUT2D eigenvalue weighted by Crippen LogP contribution is 2.23. The van der Waals surface area contributed by atoms with Crippen LogP contribution in [0, 0.1) is 0 Å². The third-order valence-electron chi connectivity index (χ3n) is 2.58. The normalized spacial score (nSPS) is 11.0. The third-order valence-corrected chi connectivity index (χ3v) is 3.85. The summed E-state index contributed by atoms with van der Waals surface area (Å²) in [6.45, 7) is 6.57. The average Bonchev–Trinajstić information content (AvgIpc) is 2.42. The molecule has 0 saturated heterocycles. The summed E-state index contributed by atoms with van der Waals surface area (Å²) in [7, 11) is 0. The Kier molecular flexibility index (Phi) is 7.24. The van der Waals surface area contributed by atoms with Gasteiger partial charge in [0.05, 0.1) is 12.4 Å². The number of hydrogen-bond donors (Lipinski definition) is 2. The quantitative estimate of drug-likeness (QED) is 0.716. The first-order valence-corrected chi connectivity index (χ1v) is 8.13. The lowest BCUT2D eigenvalue weighted by atomic mass is 10.3. The van der Waals surface area contributed by atoms with Crippen LogP contribution in [0.15, 0.2) is 24.3 Å². The van der Waals surface area contributed by atoms with Gasteiger partial charge in [0.15, 0.2) is 0 Å². The molecule has 0 heterocycles. The number of rotatable bonds is 8. The molecule has 0 aliphatic carbocycles. The van der Waals surface area contributed by atoms with E-state index in [4.69, 9.17) is 9.84 Å². The summed E-state index contributed by atoms with van der Waals surface area (Å²) >= 11 is 1.60. The molecular formula is C16H23NO4S. The van der Waals surface area contributed by atoms with Gasteiger partial charge < -0.3 is 15.2 Å². The topological polar surface area (TPSA) is 75.6 Å². The Bertz CT molecular complexity index is 494. The molecular weight excluding hydrogens is 302 g/mol. The highest BCUT2D eigenvalue weighted by molar-refractivity contribution is 8.01. The van der Waals surface area contributed by atoms with Crippen molar-refractivity contribution in [3.8, 4) is 5.75 Å². The molecule has 0 unspecified atom stereocenters. The van der Waals surface area contributed by atoms with Crippen molar-refractivity contribution < 1.29 is 19.4 Å². The smallest absolute Gasteiger partial charge is 0.303 e. The second-order valence-corrected chi connectivity index (χ2v) is 7.62. The molecule has 122 valence electrons. The van der Waals surface area contributed by atoms with Gasteiger partial charge in [0.25, 0.3) is 0 Å². The predicted octanol–water partition coefficient (Wildman–Crippen LogP) is 3.40. The monoisotopic (exact) mass is 325 g/mol. The van der Waals surface area contributed by atoms with E-state index < -0.39 is 5.97 Å². The Hall–Kier alpha value is -1.69. The van der Waals surface area contributed by atoms with E-state index in [0.29, 0.717) is 24.5 Å². The first-order valence-electron chi connectivity index (χ1n) is 7.15. The Balaban J connectivity index is 2.35. The van der Waals surface area contributed by atoms with Crippen LogP contribution in [0.2, 0.25) is 0 Å². The van der Waals surface area contributed by atoms with Gasteiger partial charge in [0, 0.05) is 16.9 Å². The predicted molar refractivity (Wildman–Crippen MR) is 89.6 cm³/mol. The standard InChI is InChI=1S/C16H23NO4S/c1-16(2,3)22-11-14(18)17-12-6-8-13(9-7-12)21-10-4-5-15(19)20/h6-9H,4-5,10-11H2,1-3H3,(H,17,18)(H,19,20). The number of carbonyl (C=O) groups is 2. The fraction of sp³-hybridized carbons (Fsp3) is 0.500. The molecule has 1 aromatic rings.